The molecule has 0 saturated heterocycles. The van der Waals surface area contributed by atoms with E-state index in [9.17, 15) is 0 Å². The van der Waals surface area contributed by atoms with E-state index in [0.717, 1.165) is 10.7 Å². The van der Waals surface area contributed by atoms with E-state index in [-0.39, 0.29) is 5.54 Å². The third-order valence-corrected chi connectivity index (χ3v) is 1.93. The summed E-state index contributed by atoms with van der Waals surface area (Å²) >= 11 is 0. The lowest BCUT2D eigenvalue weighted by atomic mass is 10.1. The summed E-state index contributed by atoms with van der Waals surface area (Å²) < 4.78 is 0. The fourth-order valence-electron chi connectivity index (χ4n) is 1.33. The van der Waals surface area contributed by atoms with Crippen molar-refractivity contribution in [3.05, 3.63) is 35.1 Å². The minimum Gasteiger partial charge on any atom is -0.360 e. The summed E-state index contributed by atoms with van der Waals surface area (Å²) in [6, 6.07) is 2.00. The van der Waals surface area contributed by atoms with Gasteiger partial charge < -0.3 is 4.98 Å². The second-order valence-corrected chi connectivity index (χ2v) is 3.57. The number of aromatic amines is 1. The van der Waals surface area contributed by atoms with Crippen LogP contribution in [0.25, 0.3) is 6.08 Å². The first kappa shape index (κ1) is 7.35. The van der Waals surface area contributed by atoms with Crippen LogP contribution in [0.1, 0.15) is 13.8 Å². The smallest absolute Gasteiger partial charge is 0.0833 e. The van der Waals surface area contributed by atoms with Crippen LogP contribution in [0.2, 0.25) is 0 Å². The standard InChI is InChI=1S/C10H12N2/c1-10(2)6-3-4-8-9(12-10)5-7-11-8/h3-7,11H,1-2H3. The van der Waals surface area contributed by atoms with Crippen molar-refractivity contribution in [2.24, 2.45) is 4.99 Å². The van der Waals surface area contributed by atoms with Crippen LogP contribution >= 0.6 is 0 Å². The van der Waals surface area contributed by atoms with Gasteiger partial charge in [-0.3, -0.25) is 4.99 Å². The number of aromatic nitrogens is 1. The summed E-state index contributed by atoms with van der Waals surface area (Å²) in [6.07, 6.45) is 8.11. The zero-order valence-corrected chi connectivity index (χ0v) is 7.33. The van der Waals surface area contributed by atoms with Crippen molar-refractivity contribution < 1.29 is 0 Å². The predicted octanol–water partition coefficient (Wildman–Crippen LogP) is 0.763. The van der Waals surface area contributed by atoms with E-state index in [2.05, 4.69) is 29.9 Å². The largest absolute Gasteiger partial charge is 0.360 e. The third-order valence-electron chi connectivity index (χ3n) is 1.93. The zero-order chi connectivity index (χ0) is 8.60. The topological polar surface area (TPSA) is 28.1 Å². The molecule has 0 aliphatic carbocycles. The van der Waals surface area contributed by atoms with Crippen molar-refractivity contribution in [3.63, 3.8) is 0 Å². The molecule has 62 valence electrons. The maximum absolute atomic E-state index is 4.58. The first-order valence-electron chi connectivity index (χ1n) is 4.10. The number of nitrogens with one attached hydrogen (secondary N) is 1. The number of hydrogen-bond acceptors (Lipinski definition) is 1. The van der Waals surface area contributed by atoms with Gasteiger partial charge in [-0.1, -0.05) is 12.2 Å². The highest BCUT2D eigenvalue weighted by atomic mass is 14.8. The molecule has 2 heterocycles. The van der Waals surface area contributed by atoms with Crippen molar-refractivity contribution in [1.29, 1.82) is 0 Å². The Kier molecular flexibility index (Phi) is 1.43. The fraction of sp³-hybridized carbons (Fsp3) is 0.300. The van der Waals surface area contributed by atoms with Crippen molar-refractivity contribution in [2.45, 2.75) is 19.4 Å². The first-order chi connectivity index (χ1) is 5.67. The van der Waals surface area contributed by atoms with Gasteiger partial charge in [0.1, 0.15) is 0 Å². The predicted molar refractivity (Wildman–Crippen MR) is 49.3 cm³/mol. The average Bonchev–Trinajstić information content (AvgIpc) is 2.31. The van der Waals surface area contributed by atoms with Crippen LogP contribution in [0.3, 0.4) is 0 Å². The Balaban J connectivity index is 2.75. The molecule has 1 aliphatic heterocycles. The number of nitrogens with zero attached hydrogens (tertiary/aromatic N) is 1. The molecule has 0 bridgehead atoms. The van der Waals surface area contributed by atoms with E-state index < -0.39 is 0 Å². The van der Waals surface area contributed by atoms with Crippen LogP contribution in [0.4, 0.5) is 0 Å². The van der Waals surface area contributed by atoms with E-state index in [1.165, 1.54) is 0 Å². The molecule has 2 nitrogen and oxygen atoms in total. The van der Waals surface area contributed by atoms with Crippen LogP contribution in [0, 0.1) is 0 Å². The molecule has 2 heteroatoms. The van der Waals surface area contributed by atoms with Gasteiger partial charge in [0.25, 0.3) is 0 Å². The highest BCUT2D eigenvalue weighted by Crippen LogP contribution is 2.09. The first-order valence-corrected chi connectivity index (χ1v) is 4.10. The van der Waals surface area contributed by atoms with Crippen molar-refractivity contribution in [2.75, 3.05) is 0 Å². The highest BCUT2D eigenvalue weighted by molar-refractivity contribution is 5.37. The van der Waals surface area contributed by atoms with Gasteiger partial charge in [0, 0.05) is 6.20 Å². The lowest BCUT2D eigenvalue weighted by Crippen LogP contribution is -2.26. The Morgan fingerprint density at radius 2 is 2.25 bits per heavy atom. The number of rotatable bonds is 0. The molecule has 0 unspecified atom stereocenters. The van der Waals surface area contributed by atoms with Gasteiger partial charge in [-0.05, 0) is 26.0 Å². The van der Waals surface area contributed by atoms with Crippen LogP contribution in [0.5, 0.6) is 0 Å². The van der Waals surface area contributed by atoms with E-state index in [1.54, 1.807) is 0 Å². The Morgan fingerprint density at radius 1 is 1.42 bits per heavy atom. The number of fused-ring (bicyclic) bond motifs is 1. The van der Waals surface area contributed by atoms with Gasteiger partial charge in [0.15, 0.2) is 0 Å². The van der Waals surface area contributed by atoms with E-state index >= 15 is 0 Å². The normalized spacial score (nSPS) is 18.8. The summed E-state index contributed by atoms with van der Waals surface area (Å²) in [4.78, 5) is 7.72. The molecule has 1 aromatic heterocycles. The second-order valence-electron chi connectivity index (χ2n) is 3.57. The van der Waals surface area contributed by atoms with Crippen LogP contribution in [-0.4, -0.2) is 10.5 Å². The molecule has 0 atom stereocenters. The van der Waals surface area contributed by atoms with Crippen LogP contribution in [0.15, 0.2) is 29.4 Å². The molecule has 0 saturated carbocycles. The SMILES string of the molecule is CC1(C)C=CC=c2[nH]ccc2=N1. The van der Waals surface area contributed by atoms with E-state index in [1.807, 2.05) is 24.4 Å². The number of H-pyrrole nitrogens is 1. The van der Waals surface area contributed by atoms with Gasteiger partial charge in [0.05, 0.1) is 16.2 Å². The average molecular weight is 160 g/mol. The number of allylic oxidation sites excluding steroid dienone is 1. The molecule has 0 spiro atoms. The maximum atomic E-state index is 4.58. The fourth-order valence-corrected chi connectivity index (χ4v) is 1.33. The molecule has 0 aromatic carbocycles. The molecule has 1 aliphatic rings. The molecule has 12 heavy (non-hydrogen) atoms. The molecule has 1 aromatic rings. The molecular weight excluding hydrogens is 148 g/mol. The van der Waals surface area contributed by atoms with Gasteiger partial charge >= 0.3 is 0 Å². The Bertz CT molecular complexity index is 421. The third kappa shape index (κ3) is 1.20. The summed E-state index contributed by atoms with van der Waals surface area (Å²) in [5, 5.41) is 2.14. The zero-order valence-electron chi connectivity index (χ0n) is 7.33. The molecule has 0 amide bonds. The van der Waals surface area contributed by atoms with Crippen molar-refractivity contribution in [1.82, 2.24) is 4.98 Å². The maximum Gasteiger partial charge on any atom is 0.0833 e. The van der Waals surface area contributed by atoms with Gasteiger partial charge in [-0.15, -0.1) is 0 Å². The quantitative estimate of drug-likeness (QED) is 0.580. The van der Waals surface area contributed by atoms with Gasteiger partial charge in [-0.25, -0.2) is 0 Å². The molecular formula is C10H12N2. The Labute approximate surface area is 71.3 Å². The van der Waals surface area contributed by atoms with E-state index in [4.69, 9.17) is 0 Å². The molecule has 2 rings (SSSR count). The molecule has 1 N–H and O–H groups in total. The Morgan fingerprint density at radius 3 is 3.08 bits per heavy atom. The molecule has 0 fully saturated rings. The second kappa shape index (κ2) is 2.34. The summed E-state index contributed by atoms with van der Waals surface area (Å²) in [5.74, 6) is 0. The number of hydrogen-bond donors (Lipinski definition) is 1. The van der Waals surface area contributed by atoms with Crippen molar-refractivity contribution in [3.8, 4) is 0 Å². The molecule has 0 radical (unpaired) electrons. The summed E-state index contributed by atoms with van der Waals surface area (Å²) in [6.45, 7) is 4.19. The minimum atomic E-state index is -0.0794. The minimum absolute atomic E-state index is 0.0794. The van der Waals surface area contributed by atoms with Crippen LogP contribution < -0.4 is 10.7 Å². The Hall–Kier alpha value is -1.31. The lowest BCUT2D eigenvalue weighted by molar-refractivity contribution is 0.638. The van der Waals surface area contributed by atoms with Gasteiger partial charge in [-0.2, -0.15) is 0 Å². The summed E-state index contributed by atoms with van der Waals surface area (Å²) in [5.41, 5.74) is -0.0794. The van der Waals surface area contributed by atoms with Crippen molar-refractivity contribution >= 4 is 6.08 Å². The van der Waals surface area contributed by atoms with E-state index in [0.29, 0.717) is 0 Å². The van der Waals surface area contributed by atoms with Gasteiger partial charge in [0.2, 0.25) is 0 Å². The lowest BCUT2D eigenvalue weighted by Gasteiger charge is -2.11. The van der Waals surface area contributed by atoms with Crippen LogP contribution in [-0.2, 0) is 0 Å². The summed E-state index contributed by atoms with van der Waals surface area (Å²) in [7, 11) is 0. The highest BCUT2D eigenvalue weighted by Gasteiger charge is 2.11. The monoisotopic (exact) mass is 160 g/mol.